The number of carbonyl (C=O) groups is 1. The number of hydrogen-bond donors (Lipinski definition) is 7. The van der Waals surface area contributed by atoms with E-state index < -0.39 is 46.4 Å². The standard InChI is InChI=1S/C24H21NO8S/c1-34-19-5-3-12-13(9-15(19)26)14(4-2-10-6-18(29)22(31)23(32)20(10)12)25-24(33)11-7-16(27)21(30)17(28)8-11/h3,5-9,14,27-32H,2,4H2,1H3,(H,25,33)/t14-/m0/s1. The Balaban J connectivity index is 1.88. The lowest BCUT2D eigenvalue weighted by atomic mass is 9.95. The number of hydrogen-bond acceptors (Lipinski definition) is 9. The predicted molar refractivity (Wildman–Crippen MR) is 125 cm³/mol. The van der Waals surface area contributed by atoms with E-state index in [-0.39, 0.29) is 29.4 Å². The minimum Gasteiger partial charge on any atom is -0.504 e. The largest absolute Gasteiger partial charge is 0.504 e. The number of amides is 1. The molecule has 3 aromatic rings. The van der Waals surface area contributed by atoms with Crippen LogP contribution in [-0.2, 0) is 6.42 Å². The summed E-state index contributed by atoms with van der Waals surface area (Å²) < 4.78 is 0. The minimum atomic E-state index is -0.755. The fourth-order valence-electron chi connectivity index (χ4n) is 4.09. The first-order valence-electron chi connectivity index (χ1n) is 10.2. The number of aryl methyl sites for hydroxylation is 1. The molecular formula is C24H21NO8S. The SMILES string of the molecule is CSc1ccc2c(cc1=O)[C@@H](NC(=O)c1cc(O)c(O)c(O)c1)CCc1cc(O)c(O)c(O)c1-2. The van der Waals surface area contributed by atoms with Gasteiger partial charge in [0.1, 0.15) is 0 Å². The van der Waals surface area contributed by atoms with Crippen molar-refractivity contribution < 1.29 is 35.4 Å². The van der Waals surface area contributed by atoms with E-state index in [0.29, 0.717) is 21.6 Å². The van der Waals surface area contributed by atoms with Crippen LogP contribution in [0.25, 0.3) is 11.1 Å². The first kappa shape index (κ1) is 23.1. The molecule has 0 radical (unpaired) electrons. The van der Waals surface area contributed by atoms with E-state index in [4.69, 9.17) is 0 Å². The Kier molecular flexibility index (Phi) is 5.92. The van der Waals surface area contributed by atoms with Crippen LogP contribution in [-0.4, -0.2) is 42.8 Å². The Morgan fingerprint density at radius 3 is 2.21 bits per heavy atom. The highest BCUT2D eigenvalue weighted by molar-refractivity contribution is 7.98. The number of carbonyl (C=O) groups excluding carboxylic acids is 1. The molecule has 4 rings (SSSR count). The minimum absolute atomic E-state index is 0.123. The first-order chi connectivity index (χ1) is 16.1. The van der Waals surface area contributed by atoms with Crippen LogP contribution in [0.4, 0.5) is 0 Å². The van der Waals surface area contributed by atoms with E-state index in [9.17, 15) is 40.2 Å². The van der Waals surface area contributed by atoms with Gasteiger partial charge in [0.15, 0.2) is 34.2 Å². The number of phenolic OH excluding ortho intramolecular Hbond substituents is 6. The van der Waals surface area contributed by atoms with Gasteiger partial charge in [0, 0.05) is 11.1 Å². The van der Waals surface area contributed by atoms with Gasteiger partial charge in [-0.3, -0.25) is 9.59 Å². The van der Waals surface area contributed by atoms with Gasteiger partial charge >= 0.3 is 0 Å². The molecule has 1 amide bonds. The van der Waals surface area contributed by atoms with Gasteiger partial charge in [-0.2, -0.15) is 0 Å². The number of phenols is 6. The van der Waals surface area contributed by atoms with Crippen molar-refractivity contribution in [2.75, 3.05) is 6.26 Å². The Morgan fingerprint density at radius 1 is 0.912 bits per heavy atom. The number of thioether (sulfide) groups is 1. The Morgan fingerprint density at radius 2 is 1.56 bits per heavy atom. The van der Waals surface area contributed by atoms with Crippen molar-refractivity contribution in [3.63, 3.8) is 0 Å². The zero-order valence-corrected chi connectivity index (χ0v) is 18.7. The van der Waals surface area contributed by atoms with Crippen LogP contribution in [0.2, 0.25) is 0 Å². The molecular weight excluding hydrogens is 462 g/mol. The number of nitrogens with one attached hydrogen (secondary N) is 1. The van der Waals surface area contributed by atoms with Gasteiger partial charge in [0.2, 0.25) is 5.75 Å². The second kappa shape index (κ2) is 8.71. The molecule has 0 saturated heterocycles. The smallest absolute Gasteiger partial charge is 0.252 e. The van der Waals surface area contributed by atoms with Crippen LogP contribution in [0, 0.1) is 0 Å². The molecule has 0 aliphatic heterocycles. The van der Waals surface area contributed by atoms with Crippen LogP contribution in [0.3, 0.4) is 0 Å². The normalized spacial score (nSPS) is 14.6. The second-order valence-corrected chi connectivity index (χ2v) is 8.68. The van der Waals surface area contributed by atoms with Crippen LogP contribution in [0.5, 0.6) is 34.5 Å². The summed E-state index contributed by atoms with van der Waals surface area (Å²) in [5.74, 6) is -4.52. The van der Waals surface area contributed by atoms with Crippen LogP contribution >= 0.6 is 11.8 Å². The molecule has 0 heterocycles. The lowest BCUT2D eigenvalue weighted by molar-refractivity contribution is 0.0934. The Bertz CT molecular complexity index is 1370. The second-order valence-electron chi connectivity index (χ2n) is 7.83. The monoisotopic (exact) mass is 483 g/mol. The summed E-state index contributed by atoms with van der Waals surface area (Å²) in [7, 11) is 0. The van der Waals surface area contributed by atoms with E-state index >= 15 is 0 Å². The zero-order chi connectivity index (χ0) is 24.7. The van der Waals surface area contributed by atoms with Gasteiger partial charge in [0.05, 0.1) is 10.9 Å². The number of benzene rings is 2. The van der Waals surface area contributed by atoms with Crippen LogP contribution in [0.1, 0.15) is 33.9 Å². The van der Waals surface area contributed by atoms with Crippen molar-refractivity contribution in [3.8, 4) is 45.6 Å². The van der Waals surface area contributed by atoms with Gasteiger partial charge in [-0.25, -0.2) is 0 Å². The average Bonchev–Trinajstić information content (AvgIpc) is 3.04. The van der Waals surface area contributed by atoms with Gasteiger partial charge < -0.3 is 36.0 Å². The molecule has 1 aliphatic carbocycles. The molecule has 0 aromatic heterocycles. The van der Waals surface area contributed by atoms with Crippen molar-refractivity contribution in [2.45, 2.75) is 23.8 Å². The van der Waals surface area contributed by atoms with E-state index in [1.807, 2.05) is 0 Å². The summed E-state index contributed by atoms with van der Waals surface area (Å²) >= 11 is 1.23. The molecule has 0 saturated carbocycles. The topological polar surface area (TPSA) is 168 Å². The molecule has 1 atom stereocenters. The molecule has 176 valence electrons. The number of rotatable bonds is 3. The lowest BCUT2D eigenvalue weighted by Gasteiger charge is -2.19. The first-order valence-corrected chi connectivity index (χ1v) is 11.4. The van der Waals surface area contributed by atoms with Gasteiger partial charge in [-0.1, -0.05) is 6.07 Å². The summed E-state index contributed by atoms with van der Waals surface area (Å²) in [6.07, 6.45) is 2.28. The summed E-state index contributed by atoms with van der Waals surface area (Å²) in [5.41, 5.74) is 1.09. The summed E-state index contributed by atoms with van der Waals surface area (Å²) in [6.45, 7) is 0. The maximum atomic E-state index is 13.0. The zero-order valence-electron chi connectivity index (χ0n) is 17.9. The fraction of sp³-hybridized carbons (Fsp3) is 0.167. The molecule has 0 bridgehead atoms. The third-order valence-electron chi connectivity index (χ3n) is 5.78. The van der Waals surface area contributed by atoms with E-state index in [1.54, 1.807) is 18.4 Å². The molecule has 7 N–H and O–H groups in total. The van der Waals surface area contributed by atoms with Gasteiger partial charge in [-0.05, 0) is 66.1 Å². The van der Waals surface area contributed by atoms with Crippen molar-refractivity contribution in [1.82, 2.24) is 5.32 Å². The third kappa shape index (κ3) is 3.92. The van der Waals surface area contributed by atoms with Gasteiger partial charge in [0.25, 0.3) is 5.91 Å². The maximum absolute atomic E-state index is 13.0. The third-order valence-corrected chi connectivity index (χ3v) is 6.56. The molecule has 0 fully saturated rings. The van der Waals surface area contributed by atoms with Crippen molar-refractivity contribution in [2.24, 2.45) is 0 Å². The van der Waals surface area contributed by atoms with E-state index in [2.05, 4.69) is 5.32 Å². The van der Waals surface area contributed by atoms with Crippen molar-refractivity contribution >= 4 is 17.7 Å². The highest BCUT2D eigenvalue weighted by Gasteiger charge is 2.29. The maximum Gasteiger partial charge on any atom is 0.252 e. The highest BCUT2D eigenvalue weighted by Crippen LogP contribution is 2.49. The predicted octanol–water partition coefficient (Wildman–Crippen LogP) is 3.09. The van der Waals surface area contributed by atoms with Crippen LogP contribution in [0.15, 0.2) is 46.1 Å². The molecule has 1 aliphatic rings. The van der Waals surface area contributed by atoms with E-state index in [0.717, 1.165) is 12.1 Å². The molecule has 34 heavy (non-hydrogen) atoms. The number of fused-ring (bicyclic) bond motifs is 3. The van der Waals surface area contributed by atoms with Crippen LogP contribution < -0.4 is 10.7 Å². The molecule has 0 unspecified atom stereocenters. The molecule has 10 heteroatoms. The van der Waals surface area contributed by atoms with E-state index in [1.165, 1.54) is 23.9 Å². The van der Waals surface area contributed by atoms with Crippen molar-refractivity contribution in [3.05, 3.63) is 63.3 Å². The summed E-state index contributed by atoms with van der Waals surface area (Å²) in [5, 5.41) is 62.6. The van der Waals surface area contributed by atoms with Crippen molar-refractivity contribution in [1.29, 1.82) is 0 Å². The highest BCUT2D eigenvalue weighted by atomic mass is 32.2. The molecule has 3 aromatic carbocycles. The number of aromatic hydroxyl groups is 6. The summed E-state index contributed by atoms with van der Waals surface area (Å²) in [6, 6.07) is 7.12. The fourth-order valence-corrected chi connectivity index (χ4v) is 4.55. The van der Waals surface area contributed by atoms with Gasteiger partial charge in [-0.15, -0.1) is 11.8 Å². The molecule has 9 nitrogen and oxygen atoms in total. The average molecular weight is 483 g/mol. The summed E-state index contributed by atoms with van der Waals surface area (Å²) in [4.78, 5) is 26.2. The lowest BCUT2D eigenvalue weighted by Crippen LogP contribution is -2.29. The molecule has 0 spiro atoms. The Hall–Kier alpha value is -4.05. The Labute approximate surface area is 197 Å². The quantitative estimate of drug-likeness (QED) is 0.219.